The minimum absolute atomic E-state index is 0.0761. The third-order valence-electron chi connectivity index (χ3n) is 3.54. The normalized spacial score (nSPS) is 14.8. The lowest BCUT2D eigenvalue weighted by Gasteiger charge is -2.34. The first-order valence-electron chi connectivity index (χ1n) is 7.08. The van der Waals surface area contributed by atoms with Gasteiger partial charge in [-0.2, -0.15) is 0 Å². The Hall–Kier alpha value is -2.38. The molecule has 2 heterocycles. The van der Waals surface area contributed by atoms with Crippen LogP contribution in [0.5, 0.6) is 0 Å². The first-order chi connectivity index (χ1) is 10.5. The summed E-state index contributed by atoms with van der Waals surface area (Å²) in [5.74, 6) is -0.114. The number of hydrogen-bond acceptors (Lipinski definition) is 6. The molecule has 1 aliphatic heterocycles. The summed E-state index contributed by atoms with van der Waals surface area (Å²) in [4.78, 5) is 38.5. The molecule has 8 heteroatoms. The van der Waals surface area contributed by atoms with Crippen molar-refractivity contribution < 1.29 is 23.6 Å². The van der Waals surface area contributed by atoms with E-state index in [0.717, 1.165) is 0 Å². The number of methoxy groups -OCH3 is 1. The fourth-order valence-electron chi connectivity index (χ4n) is 2.26. The molecule has 0 aliphatic carbocycles. The highest BCUT2D eigenvalue weighted by molar-refractivity contribution is 5.92. The van der Waals surface area contributed by atoms with Gasteiger partial charge in [0.25, 0.3) is 5.91 Å². The number of piperazine rings is 1. The molecule has 1 fully saturated rings. The maximum Gasteiger partial charge on any atom is 0.306 e. The molecule has 120 valence electrons. The van der Waals surface area contributed by atoms with E-state index < -0.39 is 5.97 Å². The number of rotatable bonds is 4. The average molecular weight is 309 g/mol. The van der Waals surface area contributed by atoms with Crippen molar-refractivity contribution in [1.29, 1.82) is 0 Å². The van der Waals surface area contributed by atoms with Gasteiger partial charge in [-0.3, -0.25) is 14.4 Å². The molecule has 0 radical (unpaired) electrons. The molecule has 0 unspecified atom stereocenters. The van der Waals surface area contributed by atoms with E-state index in [4.69, 9.17) is 4.52 Å². The van der Waals surface area contributed by atoms with Crippen LogP contribution < -0.4 is 0 Å². The molecule has 0 saturated carbocycles. The van der Waals surface area contributed by atoms with Gasteiger partial charge in [0.05, 0.1) is 13.5 Å². The van der Waals surface area contributed by atoms with Crippen molar-refractivity contribution in [2.24, 2.45) is 0 Å². The standard InChI is InChI=1S/C14H19N3O5/c1-10-9-11(15-22-10)14(20)17-7-5-16(6-8-17)12(18)3-4-13(19)21-2/h9H,3-8H2,1-2H3. The van der Waals surface area contributed by atoms with E-state index in [2.05, 4.69) is 9.89 Å². The van der Waals surface area contributed by atoms with E-state index in [0.29, 0.717) is 31.9 Å². The summed E-state index contributed by atoms with van der Waals surface area (Å²) in [6.07, 6.45) is 0.204. The van der Waals surface area contributed by atoms with Crippen molar-refractivity contribution in [2.45, 2.75) is 19.8 Å². The largest absolute Gasteiger partial charge is 0.469 e. The molecule has 8 nitrogen and oxygen atoms in total. The molecule has 0 atom stereocenters. The Morgan fingerprint density at radius 1 is 1.18 bits per heavy atom. The second-order valence-electron chi connectivity index (χ2n) is 5.07. The lowest BCUT2D eigenvalue weighted by Crippen LogP contribution is -2.50. The summed E-state index contributed by atoms with van der Waals surface area (Å²) in [6.45, 7) is 3.50. The van der Waals surface area contributed by atoms with Gasteiger partial charge in [0.2, 0.25) is 5.91 Å². The van der Waals surface area contributed by atoms with Crippen molar-refractivity contribution in [3.05, 3.63) is 17.5 Å². The second-order valence-corrected chi connectivity index (χ2v) is 5.07. The molecule has 1 saturated heterocycles. The molecule has 2 amide bonds. The lowest BCUT2D eigenvalue weighted by atomic mass is 10.2. The van der Waals surface area contributed by atoms with Crippen molar-refractivity contribution in [2.75, 3.05) is 33.3 Å². The predicted octanol–water partition coefficient (Wildman–Crippen LogP) is 0.221. The molecular weight excluding hydrogens is 290 g/mol. The SMILES string of the molecule is COC(=O)CCC(=O)N1CCN(C(=O)c2cc(C)on2)CC1. The zero-order valence-corrected chi connectivity index (χ0v) is 12.7. The summed E-state index contributed by atoms with van der Waals surface area (Å²) in [7, 11) is 1.29. The molecule has 0 bridgehead atoms. The molecular formula is C14H19N3O5. The first kappa shape index (κ1) is 16.0. The van der Waals surface area contributed by atoms with Crippen molar-refractivity contribution >= 4 is 17.8 Å². The number of aromatic nitrogens is 1. The quantitative estimate of drug-likeness (QED) is 0.739. The molecule has 1 aliphatic rings. The minimum atomic E-state index is -0.399. The van der Waals surface area contributed by atoms with Crippen LogP contribution in [0.2, 0.25) is 0 Å². The first-order valence-corrected chi connectivity index (χ1v) is 7.08. The highest BCUT2D eigenvalue weighted by Crippen LogP contribution is 2.10. The molecule has 22 heavy (non-hydrogen) atoms. The Balaban J connectivity index is 1.81. The Labute approximate surface area is 128 Å². The van der Waals surface area contributed by atoms with Crippen molar-refractivity contribution in [3.63, 3.8) is 0 Å². The fraction of sp³-hybridized carbons (Fsp3) is 0.571. The van der Waals surface area contributed by atoms with Gasteiger partial charge in [0.15, 0.2) is 5.69 Å². The van der Waals surface area contributed by atoms with E-state index in [-0.39, 0.29) is 30.3 Å². The zero-order valence-electron chi connectivity index (χ0n) is 12.7. The number of ether oxygens (including phenoxy) is 1. The lowest BCUT2D eigenvalue weighted by molar-refractivity contribution is -0.143. The highest BCUT2D eigenvalue weighted by Gasteiger charge is 2.26. The maximum absolute atomic E-state index is 12.2. The van der Waals surface area contributed by atoms with E-state index >= 15 is 0 Å². The van der Waals surface area contributed by atoms with Crippen LogP contribution in [0.1, 0.15) is 29.1 Å². The number of aryl methyl sites for hydroxylation is 1. The molecule has 1 aromatic heterocycles. The summed E-state index contributed by atoms with van der Waals surface area (Å²) < 4.78 is 9.40. The molecule has 0 N–H and O–H groups in total. The van der Waals surface area contributed by atoms with Gasteiger partial charge in [-0.05, 0) is 6.92 Å². The van der Waals surface area contributed by atoms with E-state index in [1.54, 1.807) is 22.8 Å². The Morgan fingerprint density at radius 3 is 2.36 bits per heavy atom. The van der Waals surface area contributed by atoms with Gasteiger partial charge in [-0.15, -0.1) is 0 Å². The number of hydrogen-bond donors (Lipinski definition) is 0. The number of carbonyl (C=O) groups is 3. The van der Waals surface area contributed by atoms with Crippen LogP contribution in [-0.2, 0) is 14.3 Å². The van der Waals surface area contributed by atoms with Crippen LogP contribution in [0, 0.1) is 6.92 Å². The number of carbonyl (C=O) groups excluding carboxylic acids is 3. The Bertz CT molecular complexity index is 561. The van der Waals surface area contributed by atoms with Crippen LogP contribution in [-0.4, -0.2) is 66.0 Å². The van der Waals surface area contributed by atoms with Gasteiger partial charge in [-0.25, -0.2) is 0 Å². The van der Waals surface area contributed by atoms with Crippen molar-refractivity contribution in [1.82, 2.24) is 15.0 Å². The minimum Gasteiger partial charge on any atom is -0.469 e. The zero-order chi connectivity index (χ0) is 16.1. The summed E-state index contributed by atoms with van der Waals surface area (Å²) >= 11 is 0. The number of amides is 2. The summed E-state index contributed by atoms with van der Waals surface area (Å²) in [5, 5.41) is 3.71. The number of esters is 1. The molecule has 0 aromatic carbocycles. The van der Waals surface area contributed by atoms with Crippen molar-refractivity contribution in [3.8, 4) is 0 Å². The Morgan fingerprint density at radius 2 is 1.82 bits per heavy atom. The average Bonchev–Trinajstić information content (AvgIpc) is 2.98. The topological polar surface area (TPSA) is 93.0 Å². The Kier molecular flexibility index (Phi) is 5.13. The maximum atomic E-state index is 12.2. The highest BCUT2D eigenvalue weighted by atomic mass is 16.5. The number of nitrogens with zero attached hydrogens (tertiary/aromatic N) is 3. The van der Waals surface area contributed by atoms with E-state index in [1.807, 2.05) is 0 Å². The molecule has 0 spiro atoms. The van der Waals surface area contributed by atoms with Gasteiger partial charge in [0.1, 0.15) is 5.76 Å². The molecule has 1 aromatic rings. The third kappa shape index (κ3) is 3.84. The predicted molar refractivity (Wildman–Crippen MR) is 75.0 cm³/mol. The molecule has 2 rings (SSSR count). The second kappa shape index (κ2) is 7.06. The van der Waals surface area contributed by atoms with Crippen LogP contribution >= 0.6 is 0 Å². The van der Waals surface area contributed by atoms with Crippen LogP contribution in [0.25, 0.3) is 0 Å². The van der Waals surface area contributed by atoms with Crippen LogP contribution in [0.15, 0.2) is 10.6 Å². The fourth-order valence-corrected chi connectivity index (χ4v) is 2.26. The van der Waals surface area contributed by atoms with Gasteiger partial charge >= 0.3 is 5.97 Å². The summed E-state index contributed by atoms with van der Waals surface area (Å²) in [6, 6.07) is 1.59. The van der Waals surface area contributed by atoms with E-state index in [1.165, 1.54) is 7.11 Å². The monoisotopic (exact) mass is 309 g/mol. The smallest absolute Gasteiger partial charge is 0.306 e. The third-order valence-corrected chi connectivity index (χ3v) is 3.54. The van der Waals surface area contributed by atoms with Gasteiger partial charge in [-0.1, -0.05) is 5.16 Å². The van der Waals surface area contributed by atoms with Gasteiger partial charge < -0.3 is 19.1 Å². The van der Waals surface area contributed by atoms with Crippen LogP contribution in [0.3, 0.4) is 0 Å². The van der Waals surface area contributed by atoms with E-state index in [9.17, 15) is 14.4 Å². The summed E-state index contributed by atoms with van der Waals surface area (Å²) in [5.41, 5.74) is 0.281. The van der Waals surface area contributed by atoms with Crippen LogP contribution in [0.4, 0.5) is 0 Å². The van der Waals surface area contributed by atoms with Gasteiger partial charge in [0, 0.05) is 38.7 Å².